The Hall–Kier alpha value is -2.57. The first-order valence-corrected chi connectivity index (χ1v) is 5.82. The highest BCUT2D eigenvalue weighted by Gasteiger charge is 2.31. The second-order valence-electron chi connectivity index (χ2n) is 4.29. The van der Waals surface area contributed by atoms with Gasteiger partial charge in [0.25, 0.3) is 0 Å². The Morgan fingerprint density at radius 3 is 2.57 bits per heavy atom. The van der Waals surface area contributed by atoms with Gasteiger partial charge in [-0.3, -0.25) is 0 Å². The van der Waals surface area contributed by atoms with E-state index in [2.05, 4.69) is 4.98 Å². The molecule has 21 heavy (non-hydrogen) atoms. The number of aromatic nitrogens is 1. The number of rotatable bonds is 3. The van der Waals surface area contributed by atoms with E-state index in [9.17, 15) is 18.0 Å². The fourth-order valence-electron chi connectivity index (χ4n) is 1.64. The van der Waals surface area contributed by atoms with E-state index in [1.807, 2.05) is 0 Å². The number of aryl methyl sites for hydroxylation is 1. The van der Waals surface area contributed by atoms with Crippen LogP contribution in [-0.2, 0) is 6.18 Å². The van der Waals surface area contributed by atoms with Gasteiger partial charge in [-0.2, -0.15) is 13.2 Å². The average Bonchev–Trinajstić information content (AvgIpc) is 2.37. The molecule has 7 heteroatoms. The van der Waals surface area contributed by atoms with Crippen molar-refractivity contribution in [3.63, 3.8) is 0 Å². The van der Waals surface area contributed by atoms with E-state index in [-0.39, 0.29) is 17.2 Å². The van der Waals surface area contributed by atoms with E-state index in [0.717, 1.165) is 12.3 Å². The third-order valence-corrected chi connectivity index (χ3v) is 2.64. The van der Waals surface area contributed by atoms with Crippen molar-refractivity contribution in [1.29, 1.82) is 0 Å². The molecule has 0 aliphatic rings. The van der Waals surface area contributed by atoms with Gasteiger partial charge in [-0.15, -0.1) is 0 Å². The van der Waals surface area contributed by atoms with Crippen LogP contribution in [0, 0.1) is 6.92 Å². The van der Waals surface area contributed by atoms with Crippen LogP contribution in [0.1, 0.15) is 21.5 Å². The zero-order valence-electron chi connectivity index (χ0n) is 10.8. The van der Waals surface area contributed by atoms with E-state index in [0.29, 0.717) is 11.6 Å². The monoisotopic (exact) mass is 297 g/mol. The summed E-state index contributed by atoms with van der Waals surface area (Å²) in [7, 11) is 0. The molecule has 0 unspecified atom stereocenters. The molecule has 0 atom stereocenters. The van der Waals surface area contributed by atoms with Crippen LogP contribution in [0.2, 0.25) is 0 Å². The molecule has 110 valence electrons. The number of carbonyl (C=O) groups is 1. The van der Waals surface area contributed by atoms with Gasteiger partial charge in [0, 0.05) is 12.3 Å². The number of carboxylic acid groups (broad SMARTS) is 1. The molecule has 4 nitrogen and oxygen atoms in total. The summed E-state index contributed by atoms with van der Waals surface area (Å²) in [6, 6.07) is 5.83. The zero-order chi connectivity index (χ0) is 15.6. The van der Waals surface area contributed by atoms with Gasteiger partial charge < -0.3 is 9.84 Å². The topological polar surface area (TPSA) is 59.4 Å². The molecule has 0 aliphatic carbocycles. The predicted octanol–water partition coefficient (Wildman–Crippen LogP) is 3.90. The van der Waals surface area contributed by atoms with Crippen LogP contribution in [0.5, 0.6) is 11.6 Å². The first-order valence-electron chi connectivity index (χ1n) is 5.82. The Labute approximate surface area is 117 Å². The smallest absolute Gasteiger partial charge is 0.416 e. The van der Waals surface area contributed by atoms with Crippen molar-refractivity contribution in [2.45, 2.75) is 13.1 Å². The lowest BCUT2D eigenvalue weighted by Gasteiger charge is -2.11. The number of alkyl halides is 3. The van der Waals surface area contributed by atoms with Crippen LogP contribution >= 0.6 is 0 Å². The quantitative estimate of drug-likeness (QED) is 0.933. The molecule has 0 amide bonds. The lowest BCUT2D eigenvalue weighted by atomic mass is 10.1. The van der Waals surface area contributed by atoms with Crippen molar-refractivity contribution in [2.24, 2.45) is 0 Å². The molecule has 0 fully saturated rings. The molecule has 2 aromatic rings. The van der Waals surface area contributed by atoms with Gasteiger partial charge >= 0.3 is 12.1 Å². The summed E-state index contributed by atoms with van der Waals surface area (Å²) < 4.78 is 43.0. The van der Waals surface area contributed by atoms with Crippen molar-refractivity contribution < 1.29 is 27.8 Å². The fraction of sp³-hybridized carbons (Fsp3) is 0.143. The van der Waals surface area contributed by atoms with Crippen LogP contribution in [0.3, 0.4) is 0 Å². The van der Waals surface area contributed by atoms with Gasteiger partial charge in [0.15, 0.2) is 0 Å². The summed E-state index contributed by atoms with van der Waals surface area (Å²) in [4.78, 5) is 14.7. The third-order valence-electron chi connectivity index (χ3n) is 2.64. The van der Waals surface area contributed by atoms with E-state index in [1.165, 1.54) is 12.1 Å². The lowest BCUT2D eigenvalue weighted by Crippen LogP contribution is -2.06. The molecule has 1 aromatic heterocycles. The van der Waals surface area contributed by atoms with Crippen LogP contribution in [0.25, 0.3) is 0 Å². The van der Waals surface area contributed by atoms with E-state index >= 15 is 0 Å². The molecule has 0 radical (unpaired) electrons. The fourth-order valence-corrected chi connectivity index (χ4v) is 1.64. The largest absolute Gasteiger partial charge is 0.478 e. The highest BCUT2D eigenvalue weighted by Crippen LogP contribution is 2.32. The van der Waals surface area contributed by atoms with Gasteiger partial charge in [-0.05, 0) is 30.7 Å². The maximum Gasteiger partial charge on any atom is 0.416 e. The lowest BCUT2D eigenvalue weighted by molar-refractivity contribution is -0.137. The van der Waals surface area contributed by atoms with Gasteiger partial charge in [0.05, 0.1) is 5.56 Å². The molecule has 2 rings (SSSR count). The van der Waals surface area contributed by atoms with Crippen LogP contribution in [0.15, 0.2) is 36.5 Å². The van der Waals surface area contributed by atoms with Gasteiger partial charge in [0.2, 0.25) is 5.88 Å². The van der Waals surface area contributed by atoms with Crippen LogP contribution in [-0.4, -0.2) is 16.1 Å². The molecular formula is C14H10F3NO3. The van der Waals surface area contributed by atoms with E-state index < -0.39 is 17.7 Å². The highest BCUT2D eigenvalue weighted by molar-refractivity contribution is 5.91. The van der Waals surface area contributed by atoms with Crippen LogP contribution < -0.4 is 4.74 Å². The van der Waals surface area contributed by atoms with Gasteiger partial charge in [-0.25, -0.2) is 9.78 Å². The van der Waals surface area contributed by atoms with Gasteiger partial charge in [-0.1, -0.05) is 6.07 Å². The number of hydrogen-bond donors (Lipinski definition) is 1. The number of carboxylic acids is 1. The Morgan fingerprint density at radius 2 is 1.95 bits per heavy atom. The minimum atomic E-state index is -4.52. The maximum atomic E-state index is 12.6. The molecular weight excluding hydrogens is 287 g/mol. The zero-order valence-corrected chi connectivity index (χ0v) is 10.8. The minimum absolute atomic E-state index is 0.0608. The molecule has 0 bridgehead atoms. The Balaban J connectivity index is 2.39. The summed E-state index contributed by atoms with van der Waals surface area (Å²) in [5.41, 5.74) is -0.362. The molecule has 0 aliphatic heterocycles. The number of pyridine rings is 1. The summed E-state index contributed by atoms with van der Waals surface area (Å²) >= 11 is 0. The summed E-state index contributed by atoms with van der Waals surface area (Å²) in [5.74, 6) is -1.62. The second kappa shape index (κ2) is 5.43. The molecule has 0 saturated heterocycles. The van der Waals surface area contributed by atoms with Crippen molar-refractivity contribution in [3.8, 4) is 11.6 Å². The molecule has 1 N–H and O–H groups in total. The van der Waals surface area contributed by atoms with Gasteiger partial charge in [0.1, 0.15) is 11.3 Å². The molecule has 1 heterocycles. The number of nitrogens with zero attached hydrogens (tertiary/aromatic N) is 1. The normalized spacial score (nSPS) is 11.2. The second-order valence-corrected chi connectivity index (χ2v) is 4.29. The van der Waals surface area contributed by atoms with E-state index in [4.69, 9.17) is 9.84 Å². The molecule has 0 spiro atoms. The number of benzene rings is 1. The van der Waals surface area contributed by atoms with Crippen molar-refractivity contribution in [2.75, 3.05) is 0 Å². The van der Waals surface area contributed by atoms with Crippen molar-refractivity contribution in [3.05, 3.63) is 53.2 Å². The first kappa shape index (κ1) is 14.8. The van der Waals surface area contributed by atoms with Crippen molar-refractivity contribution >= 4 is 5.97 Å². The third kappa shape index (κ3) is 3.50. The van der Waals surface area contributed by atoms with Crippen LogP contribution in [0.4, 0.5) is 13.2 Å². The highest BCUT2D eigenvalue weighted by atomic mass is 19.4. The summed E-state index contributed by atoms with van der Waals surface area (Å²) in [6.45, 7) is 1.71. The van der Waals surface area contributed by atoms with Crippen molar-refractivity contribution in [1.82, 2.24) is 4.98 Å². The molecule has 1 aromatic carbocycles. The first-order chi connectivity index (χ1) is 9.77. The maximum absolute atomic E-state index is 12.6. The number of aromatic carboxylic acids is 1. The molecule has 0 saturated carbocycles. The minimum Gasteiger partial charge on any atom is -0.478 e. The number of halogens is 3. The number of hydrogen-bond acceptors (Lipinski definition) is 3. The van der Waals surface area contributed by atoms with E-state index in [1.54, 1.807) is 13.0 Å². The Morgan fingerprint density at radius 1 is 1.24 bits per heavy atom. The predicted molar refractivity (Wildman–Crippen MR) is 67.5 cm³/mol. The summed E-state index contributed by atoms with van der Waals surface area (Å²) in [6.07, 6.45) is -3.57. The average molecular weight is 297 g/mol. The summed E-state index contributed by atoms with van der Waals surface area (Å²) in [5, 5.41) is 9.04. The Kier molecular flexibility index (Phi) is 3.84. The number of ether oxygens (including phenoxy) is 1. The Bertz CT molecular complexity index is 683. The SMILES string of the molecule is Cc1ccc(C(=O)O)c(Oc2cc(C(F)(F)F)ccn2)c1. The standard InChI is InChI=1S/C14H10F3NO3/c1-8-2-3-10(13(19)20)11(6-8)21-12-7-9(4-5-18-12)14(15,16)17/h2-7H,1H3,(H,19,20).